The molecular weight excluding hydrogens is 184 g/mol. The van der Waals surface area contributed by atoms with Gasteiger partial charge in [-0.25, -0.2) is 0 Å². The van der Waals surface area contributed by atoms with E-state index < -0.39 is 0 Å². The van der Waals surface area contributed by atoms with Gasteiger partial charge in [-0.15, -0.1) is 0 Å². The highest BCUT2D eigenvalue weighted by Gasteiger charge is 2.06. The first-order valence-corrected chi connectivity index (χ1v) is 5.09. The molecule has 0 spiro atoms. The number of aryl methyl sites for hydroxylation is 3. The molecule has 0 aliphatic rings. The lowest BCUT2D eigenvalue weighted by Gasteiger charge is -2.09. The van der Waals surface area contributed by atoms with E-state index in [2.05, 4.69) is 31.2 Å². The van der Waals surface area contributed by atoms with Crippen LogP contribution in [0.5, 0.6) is 0 Å². The van der Waals surface area contributed by atoms with Crippen LogP contribution in [0.25, 0.3) is 10.8 Å². The van der Waals surface area contributed by atoms with Gasteiger partial charge in [0, 0.05) is 5.56 Å². The molecule has 0 N–H and O–H groups in total. The Kier molecular flexibility index (Phi) is 2.31. The molecule has 0 fully saturated rings. The smallest absolute Gasteiger partial charge is 0.150 e. The van der Waals surface area contributed by atoms with E-state index in [-0.39, 0.29) is 0 Å². The molecule has 76 valence electrons. The van der Waals surface area contributed by atoms with Crippen LogP contribution in [0.1, 0.15) is 27.0 Å². The summed E-state index contributed by atoms with van der Waals surface area (Å²) >= 11 is 0. The van der Waals surface area contributed by atoms with Crippen LogP contribution >= 0.6 is 0 Å². The number of fused-ring (bicyclic) bond motifs is 1. The lowest BCUT2D eigenvalue weighted by atomic mass is 9.95. The summed E-state index contributed by atoms with van der Waals surface area (Å²) in [5, 5.41) is 2.39. The molecule has 0 unspecified atom stereocenters. The third-order valence-corrected chi connectivity index (χ3v) is 2.93. The van der Waals surface area contributed by atoms with Crippen molar-refractivity contribution < 1.29 is 4.79 Å². The van der Waals surface area contributed by atoms with Crippen LogP contribution < -0.4 is 0 Å². The predicted octanol–water partition coefficient (Wildman–Crippen LogP) is 3.58. The van der Waals surface area contributed by atoms with E-state index in [9.17, 15) is 4.79 Å². The summed E-state index contributed by atoms with van der Waals surface area (Å²) in [4.78, 5) is 11.0. The van der Waals surface area contributed by atoms with Crippen LogP contribution in [0.2, 0.25) is 0 Å². The second-order valence-electron chi connectivity index (χ2n) is 4.07. The lowest BCUT2D eigenvalue weighted by Crippen LogP contribution is -1.93. The highest BCUT2D eigenvalue weighted by molar-refractivity contribution is 5.94. The maximum Gasteiger partial charge on any atom is 0.150 e. The van der Waals surface area contributed by atoms with Crippen LogP contribution in [0.4, 0.5) is 0 Å². The van der Waals surface area contributed by atoms with Crippen molar-refractivity contribution in [2.45, 2.75) is 20.8 Å². The molecule has 0 saturated heterocycles. The second-order valence-corrected chi connectivity index (χ2v) is 4.07. The third kappa shape index (κ3) is 1.54. The first kappa shape index (κ1) is 9.91. The zero-order valence-electron chi connectivity index (χ0n) is 9.29. The van der Waals surface area contributed by atoms with Gasteiger partial charge in [0.25, 0.3) is 0 Å². The van der Waals surface area contributed by atoms with Crippen molar-refractivity contribution >= 4 is 17.1 Å². The molecule has 0 aliphatic carbocycles. The normalized spacial score (nSPS) is 10.6. The van der Waals surface area contributed by atoms with Crippen molar-refractivity contribution in [2.24, 2.45) is 0 Å². The first-order chi connectivity index (χ1) is 7.13. The highest BCUT2D eigenvalue weighted by Crippen LogP contribution is 2.24. The number of aldehydes is 1. The van der Waals surface area contributed by atoms with Crippen molar-refractivity contribution in [2.75, 3.05) is 0 Å². The highest BCUT2D eigenvalue weighted by atomic mass is 16.1. The van der Waals surface area contributed by atoms with E-state index in [1.807, 2.05) is 13.8 Å². The van der Waals surface area contributed by atoms with Gasteiger partial charge in [0.2, 0.25) is 0 Å². The molecule has 0 amide bonds. The van der Waals surface area contributed by atoms with Crippen LogP contribution in [0, 0.1) is 20.8 Å². The molecule has 2 rings (SSSR count). The summed E-state index contributed by atoms with van der Waals surface area (Å²) in [7, 11) is 0. The molecule has 0 saturated carbocycles. The fraction of sp³-hybridized carbons (Fsp3) is 0.214. The van der Waals surface area contributed by atoms with E-state index >= 15 is 0 Å². The van der Waals surface area contributed by atoms with Gasteiger partial charge < -0.3 is 0 Å². The van der Waals surface area contributed by atoms with Crippen LogP contribution in [-0.4, -0.2) is 6.29 Å². The molecule has 0 heterocycles. The molecule has 1 nitrogen and oxygen atoms in total. The number of benzene rings is 2. The van der Waals surface area contributed by atoms with E-state index in [4.69, 9.17) is 0 Å². The van der Waals surface area contributed by atoms with Crippen molar-refractivity contribution in [3.05, 3.63) is 46.5 Å². The standard InChI is InChI=1S/C14H14O/c1-9-4-5-13-11(3)14(8-15)10(2)7-12(13)6-9/h4-8H,1-3H3. The number of hydrogen-bond donors (Lipinski definition) is 0. The van der Waals surface area contributed by atoms with Crippen molar-refractivity contribution in [1.82, 2.24) is 0 Å². The largest absolute Gasteiger partial charge is 0.298 e. The number of carbonyl (C=O) groups is 1. The minimum Gasteiger partial charge on any atom is -0.298 e. The van der Waals surface area contributed by atoms with E-state index in [1.165, 1.54) is 16.3 Å². The van der Waals surface area contributed by atoms with E-state index in [0.717, 1.165) is 23.0 Å². The Balaban J connectivity index is 2.90. The fourth-order valence-electron chi connectivity index (χ4n) is 2.08. The minimum absolute atomic E-state index is 0.825. The Morgan fingerprint density at radius 3 is 2.47 bits per heavy atom. The summed E-state index contributed by atoms with van der Waals surface area (Å²) in [5.41, 5.74) is 4.21. The van der Waals surface area contributed by atoms with E-state index in [1.54, 1.807) is 0 Å². The number of rotatable bonds is 1. The maximum absolute atomic E-state index is 11.0. The van der Waals surface area contributed by atoms with Gasteiger partial charge in [0.05, 0.1) is 0 Å². The number of hydrogen-bond acceptors (Lipinski definition) is 1. The van der Waals surface area contributed by atoms with E-state index in [0.29, 0.717) is 0 Å². The van der Waals surface area contributed by atoms with Crippen LogP contribution in [0.3, 0.4) is 0 Å². The SMILES string of the molecule is Cc1ccc2c(C)c(C=O)c(C)cc2c1. The Morgan fingerprint density at radius 2 is 1.80 bits per heavy atom. The molecule has 0 bridgehead atoms. The Morgan fingerprint density at radius 1 is 1.07 bits per heavy atom. The molecule has 15 heavy (non-hydrogen) atoms. The van der Waals surface area contributed by atoms with Crippen molar-refractivity contribution in [3.8, 4) is 0 Å². The lowest BCUT2D eigenvalue weighted by molar-refractivity contribution is 0.112. The van der Waals surface area contributed by atoms with Gasteiger partial charge in [-0.05, 0) is 42.7 Å². The van der Waals surface area contributed by atoms with Gasteiger partial charge in [-0.1, -0.05) is 29.8 Å². The molecular formula is C14H14O. The summed E-state index contributed by atoms with van der Waals surface area (Å²) in [6, 6.07) is 8.41. The fourth-order valence-corrected chi connectivity index (χ4v) is 2.08. The summed E-state index contributed by atoms with van der Waals surface area (Å²) in [6.07, 6.45) is 0.948. The summed E-state index contributed by atoms with van der Waals surface area (Å²) in [5.74, 6) is 0. The van der Waals surface area contributed by atoms with Gasteiger partial charge in [-0.2, -0.15) is 0 Å². The first-order valence-electron chi connectivity index (χ1n) is 5.09. The average molecular weight is 198 g/mol. The molecule has 2 aromatic rings. The van der Waals surface area contributed by atoms with Gasteiger partial charge in [0.15, 0.2) is 6.29 Å². The zero-order valence-corrected chi connectivity index (χ0v) is 9.29. The molecule has 0 aliphatic heterocycles. The Labute approximate surface area is 89.7 Å². The second kappa shape index (κ2) is 3.50. The van der Waals surface area contributed by atoms with Crippen LogP contribution in [0.15, 0.2) is 24.3 Å². The summed E-state index contributed by atoms with van der Waals surface area (Å²) < 4.78 is 0. The average Bonchev–Trinajstić information content (AvgIpc) is 2.17. The molecule has 0 aromatic heterocycles. The Bertz CT molecular complexity index is 539. The monoisotopic (exact) mass is 198 g/mol. The third-order valence-electron chi connectivity index (χ3n) is 2.93. The van der Waals surface area contributed by atoms with Gasteiger partial charge in [-0.3, -0.25) is 4.79 Å². The quantitative estimate of drug-likeness (QED) is 0.640. The van der Waals surface area contributed by atoms with Crippen LogP contribution in [-0.2, 0) is 0 Å². The molecule has 0 radical (unpaired) electrons. The molecule has 1 heteroatoms. The minimum atomic E-state index is 0.825. The summed E-state index contributed by atoms with van der Waals surface area (Å²) in [6.45, 7) is 6.07. The van der Waals surface area contributed by atoms with Gasteiger partial charge in [0.1, 0.15) is 0 Å². The molecule has 0 atom stereocenters. The topological polar surface area (TPSA) is 17.1 Å². The van der Waals surface area contributed by atoms with Crippen molar-refractivity contribution in [3.63, 3.8) is 0 Å². The Hall–Kier alpha value is -1.63. The number of carbonyl (C=O) groups excluding carboxylic acids is 1. The maximum atomic E-state index is 11.0. The van der Waals surface area contributed by atoms with Crippen molar-refractivity contribution in [1.29, 1.82) is 0 Å². The van der Waals surface area contributed by atoms with Gasteiger partial charge >= 0.3 is 0 Å². The predicted molar refractivity (Wildman–Crippen MR) is 63.5 cm³/mol. The zero-order chi connectivity index (χ0) is 11.0. The molecule has 2 aromatic carbocycles.